The molecule has 3 rings (SSSR count). The average molecular weight is 380 g/mol. The molecule has 3 aromatic rings. The van der Waals surface area contributed by atoms with Crippen molar-refractivity contribution in [1.29, 1.82) is 0 Å². The number of ketones is 1. The van der Waals surface area contributed by atoms with Crippen LogP contribution in [0.4, 0.5) is 5.69 Å². The van der Waals surface area contributed by atoms with Crippen LogP contribution < -0.4 is 10.1 Å². The van der Waals surface area contributed by atoms with E-state index in [1.165, 1.54) is 7.11 Å². The van der Waals surface area contributed by atoms with E-state index in [4.69, 9.17) is 16.3 Å². The molecule has 0 bridgehead atoms. The standard InChI is InChI=1S/C22H18ClNO3/c1-14-7-6-10-17(21(14)27-2)22(26)24-19-12-11-16(23)13-18(19)20(25)15-8-4-3-5-9-15/h3-13H,1-2H3,(H,24,26). The first-order valence-corrected chi connectivity index (χ1v) is 8.73. The number of hydrogen-bond acceptors (Lipinski definition) is 3. The van der Waals surface area contributed by atoms with Crippen molar-refractivity contribution in [3.05, 3.63) is 94.0 Å². The van der Waals surface area contributed by atoms with Gasteiger partial charge in [0, 0.05) is 16.1 Å². The van der Waals surface area contributed by atoms with Gasteiger partial charge in [-0.3, -0.25) is 9.59 Å². The van der Waals surface area contributed by atoms with Crippen LogP contribution in [0.15, 0.2) is 66.7 Å². The number of ether oxygens (including phenoxy) is 1. The molecule has 0 radical (unpaired) electrons. The van der Waals surface area contributed by atoms with Crippen LogP contribution in [0.1, 0.15) is 31.8 Å². The summed E-state index contributed by atoms with van der Waals surface area (Å²) in [5.41, 5.74) is 2.48. The van der Waals surface area contributed by atoms with Gasteiger partial charge in [-0.05, 0) is 36.8 Å². The largest absolute Gasteiger partial charge is 0.496 e. The van der Waals surface area contributed by atoms with Crippen LogP contribution in [-0.2, 0) is 0 Å². The van der Waals surface area contributed by atoms with Crippen LogP contribution in [-0.4, -0.2) is 18.8 Å². The molecule has 27 heavy (non-hydrogen) atoms. The Kier molecular flexibility index (Phi) is 5.57. The Hall–Kier alpha value is -3.11. The van der Waals surface area contributed by atoms with Gasteiger partial charge >= 0.3 is 0 Å². The molecule has 0 fully saturated rings. The number of nitrogens with one attached hydrogen (secondary N) is 1. The Labute approximate surface area is 162 Å². The van der Waals surface area contributed by atoms with E-state index in [2.05, 4.69) is 5.32 Å². The number of rotatable bonds is 5. The monoisotopic (exact) mass is 379 g/mol. The minimum absolute atomic E-state index is 0.218. The minimum atomic E-state index is -0.361. The van der Waals surface area contributed by atoms with Crippen LogP contribution in [0, 0.1) is 6.92 Å². The Balaban J connectivity index is 1.98. The summed E-state index contributed by atoms with van der Waals surface area (Å²) in [6, 6.07) is 19.0. The highest BCUT2D eigenvalue weighted by Crippen LogP contribution is 2.27. The van der Waals surface area contributed by atoms with Crippen molar-refractivity contribution >= 4 is 29.0 Å². The molecule has 0 aliphatic rings. The highest BCUT2D eigenvalue weighted by molar-refractivity contribution is 6.31. The smallest absolute Gasteiger partial charge is 0.259 e. The van der Waals surface area contributed by atoms with E-state index >= 15 is 0 Å². The van der Waals surface area contributed by atoms with E-state index in [0.29, 0.717) is 33.1 Å². The molecule has 5 heteroatoms. The average Bonchev–Trinajstić information content (AvgIpc) is 2.69. The molecule has 1 amide bonds. The first kappa shape index (κ1) is 18.7. The summed E-state index contributed by atoms with van der Waals surface area (Å²) in [5.74, 6) is -0.0792. The summed E-state index contributed by atoms with van der Waals surface area (Å²) in [5, 5.41) is 3.23. The topological polar surface area (TPSA) is 55.4 Å². The second-order valence-electron chi connectivity index (χ2n) is 5.99. The van der Waals surface area contributed by atoms with Crippen LogP contribution in [0.25, 0.3) is 0 Å². The second kappa shape index (κ2) is 8.06. The lowest BCUT2D eigenvalue weighted by atomic mass is 10.0. The van der Waals surface area contributed by atoms with E-state index in [1.807, 2.05) is 19.1 Å². The molecule has 0 aliphatic carbocycles. The summed E-state index contributed by atoms with van der Waals surface area (Å²) in [4.78, 5) is 25.7. The summed E-state index contributed by atoms with van der Waals surface area (Å²) >= 11 is 6.09. The number of carbonyl (C=O) groups excluding carboxylic acids is 2. The van der Waals surface area contributed by atoms with Crippen molar-refractivity contribution in [3.63, 3.8) is 0 Å². The van der Waals surface area contributed by atoms with E-state index in [-0.39, 0.29) is 11.7 Å². The molecule has 0 spiro atoms. The fourth-order valence-corrected chi connectivity index (χ4v) is 3.02. The van der Waals surface area contributed by atoms with Gasteiger partial charge in [-0.25, -0.2) is 0 Å². The molecule has 3 aromatic carbocycles. The molecule has 0 aromatic heterocycles. The van der Waals surface area contributed by atoms with Crippen molar-refractivity contribution in [2.45, 2.75) is 6.92 Å². The van der Waals surface area contributed by atoms with E-state index < -0.39 is 0 Å². The van der Waals surface area contributed by atoms with Gasteiger partial charge in [0.2, 0.25) is 0 Å². The molecule has 136 valence electrons. The summed E-state index contributed by atoms with van der Waals surface area (Å²) in [6.07, 6.45) is 0. The summed E-state index contributed by atoms with van der Waals surface area (Å²) < 4.78 is 5.35. The fraction of sp³-hybridized carbons (Fsp3) is 0.0909. The normalized spacial score (nSPS) is 10.3. The molecular formula is C22H18ClNO3. The van der Waals surface area contributed by atoms with Crippen LogP contribution in [0.3, 0.4) is 0 Å². The van der Waals surface area contributed by atoms with Crippen molar-refractivity contribution in [3.8, 4) is 5.75 Å². The summed E-state index contributed by atoms with van der Waals surface area (Å²) in [6.45, 7) is 1.86. The number of hydrogen-bond donors (Lipinski definition) is 1. The number of halogens is 1. The number of methoxy groups -OCH3 is 1. The van der Waals surface area contributed by atoms with Crippen molar-refractivity contribution < 1.29 is 14.3 Å². The molecule has 4 nitrogen and oxygen atoms in total. The zero-order valence-corrected chi connectivity index (χ0v) is 15.7. The van der Waals surface area contributed by atoms with Gasteiger partial charge in [0.05, 0.1) is 18.4 Å². The molecular weight excluding hydrogens is 362 g/mol. The molecule has 0 unspecified atom stereocenters. The maximum atomic E-state index is 12.9. The molecule has 0 saturated heterocycles. The van der Waals surface area contributed by atoms with E-state index in [9.17, 15) is 9.59 Å². The lowest BCUT2D eigenvalue weighted by Gasteiger charge is -2.14. The first-order chi connectivity index (χ1) is 13.0. The molecule has 0 aliphatic heterocycles. The highest BCUT2D eigenvalue weighted by atomic mass is 35.5. The number of anilines is 1. The molecule has 0 saturated carbocycles. The molecule has 0 heterocycles. The van der Waals surface area contributed by atoms with Gasteiger partial charge in [-0.2, -0.15) is 0 Å². The van der Waals surface area contributed by atoms with E-state index in [1.54, 1.807) is 54.6 Å². The van der Waals surface area contributed by atoms with Gasteiger partial charge in [-0.15, -0.1) is 0 Å². The first-order valence-electron chi connectivity index (χ1n) is 8.35. The zero-order chi connectivity index (χ0) is 19.4. The van der Waals surface area contributed by atoms with Gasteiger partial charge in [0.25, 0.3) is 5.91 Å². The fourth-order valence-electron chi connectivity index (χ4n) is 2.85. The minimum Gasteiger partial charge on any atom is -0.496 e. The van der Waals surface area contributed by atoms with Crippen molar-refractivity contribution in [2.75, 3.05) is 12.4 Å². The third kappa shape index (κ3) is 4.01. The number of aryl methyl sites for hydroxylation is 1. The van der Waals surface area contributed by atoms with Crippen molar-refractivity contribution in [1.82, 2.24) is 0 Å². The molecule has 0 atom stereocenters. The van der Waals surface area contributed by atoms with Crippen LogP contribution in [0.2, 0.25) is 5.02 Å². The maximum absolute atomic E-state index is 12.9. The lowest BCUT2D eigenvalue weighted by molar-refractivity contribution is 0.102. The maximum Gasteiger partial charge on any atom is 0.259 e. The highest BCUT2D eigenvalue weighted by Gasteiger charge is 2.19. The molecule has 1 N–H and O–H groups in total. The number of amides is 1. The summed E-state index contributed by atoms with van der Waals surface area (Å²) in [7, 11) is 1.52. The van der Waals surface area contributed by atoms with Gasteiger partial charge in [-0.1, -0.05) is 54.1 Å². The van der Waals surface area contributed by atoms with Gasteiger partial charge in [0.15, 0.2) is 5.78 Å². The van der Waals surface area contributed by atoms with Gasteiger partial charge in [0.1, 0.15) is 5.75 Å². The van der Waals surface area contributed by atoms with Crippen molar-refractivity contribution in [2.24, 2.45) is 0 Å². The van der Waals surface area contributed by atoms with Crippen LogP contribution >= 0.6 is 11.6 Å². The van der Waals surface area contributed by atoms with Gasteiger partial charge < -0.3 is 10.1 Å². The second-order valence-corrected chi connectivity index (χ2v) is 6.43. The third-order valence-corrected chi connectivity index (χ3v) is 4.41. The lowest BCUT2D eigenvalue weighted by Crippen LogP contribution is -2.16. The van der Waals surface area contributed by atoms with E-state index in [0.717, 1.165) is 5.56 Å². The number of carbonyl (C=O) groups is 2. The Bertz CT molecular complexity index is 1000. The SMILES string of the molecule is COc1c(C)cccc1C(=O)Nc1ccc(Cl)cc1C(=O)c1ccccc1. The zero-order valence-electron chi connectivity index (χ0n) is 15.0. The predicted molar refractivity (Wildman–Crippen MR) is 107 cm³/mol. The number of benzene rings is 3. The Morgan fingerprint density at radius 1 is 0.926 bits per heavy atom. The number of para-hydroxylation sites is 1. The third-order valence-electron chi connectivity index (χ3n) is 4.17. The quantitative estimate of drug-likeness (QED) is 0.624. The Morgan fingerprint density at radius 3 is 2.37 bits per heavy atom. The Morgan fingerprint density at radius 2 is 1.67 bits per heavy atom. The predicted octanol–water partition coefficient (Wildman–Crippen LogP) is 5.14. The van der Waals surface area contributed by atoms with Crippen LogP contribution in [0.5, 0.6) is 5.75 Å².